The van der Waals surface area contributed by atoms with Crippen molar-refractivity contribution >= 4 is 5.82 Å². The Hall–Kier alpha value is -1.27. The predicted molar refractivity (Wildman–Crippen MR) is 53.0 cm³/mol. The maximum atomic E-state index is 13.6. The lowest BCUT2D eigenvalue weighted by Gasteiger charge is -2.14. The highest BCUT2D eigenvalue weighted by Gasteiger charge is 2.13. The lowest BCUT2D eigenvalue weighted by molar-refractivity contribution is 0.203. The Morgan fingerprint density at radius 3 is 2.60 bits per heavy atom. The number of aryl methyl sites for hydroxylation is 1. The van der Waals surface area contributed by atoms with Crippen LogP contribution in [0.5, 0.6) is 0 Å². The van der Waals surface area contributed by atoms with Gasteiger partial charge < -0.3 is 15.5 Å². The smallest absolute Gasteiger partial charge is 0.186 e. The van der Waals surface area contributed by atoms with Gasteiger partial charge in [-0.15, -0.1) is 0 Å². The zero-order valence-electron chi connectivity index (χ0n) is 8.44. The highest BCUT2D eigenvalue weighted by Crippen LogP contribution is 2.13. The number of aromatic nitrogens is 2. The van der Waals surface area contributed by atoms with Gasteiger partial charge in [-0.2, -0.15) is 0 Å². The van der Waals surface area contributed by atoms with Gasteiger partial charge in [0.2, 0.25) is 0 Å². The van der Waals surface area contributed by atoms with Crippen LogP contribution in [0.3, 0.4) is 0 Å². The molecular weight excluding hydrogens is 201 g/mol. The molecule has 0 amide bonds. The van der Waals surface area contributed by atoms with E-state index in [2.05, 4.69) is 15.3 Å². The highest BCUT2D eigenvalue weighted by molar-refractivity contribution is 5.38. The number of hydrogen-bond donors (Lipinski definition) is 3. The van der Waals surface area contributed by atoms with Gasteiger partial charge >= 0.3 is 0 Å². The Labute approximate surface area is 87.0 Å². The summed E-state index contributed by atoms with van der Waals surface area (Å²) < 4.78 is 13.6. The highest BCUT2D eigenvalue weighted by atomic mass is 19.1. The monoisotopic (exact) mass is 215 g/mol. The zero-order valence-corrected chi connectivity index (χ0v) is 8.44. The summed E-state index contributed by atoms with van der Waals surface area (Å²) in [6.07, 6.45) is 1.71. The molecule has 5 nitrogen and oxygen atoms in total. The largest absolute Gasteiger partial charge is 0.394 e. The van der Waals surface area contributed by atoms with Crippen LogP contribution in [0.15, 0.2) is 6.33 Å². The number of aliphatic hydroxyl groups is 2. The van der Waals surface area contributed by atoms with Crippen LogP contribution in [0, 0.1) is 5.82 Å². The molecular formula is C9H14FN3O2. The number of anilines is 1. The van der Waals surface area contributed by atoms with Crippen molar-refractivity contribution in [2.24, 2.45) is 0 Å². The van der Waals surface area contributed by atoms with Gasteiger partial charge in [0, 0.05) is 0 Å². The molecule has 0 saturated carbocycles. The van der Waals surface area contributed by atoms with Crippen LogP contribution in [0.1, 0.15) is 12.6 Å². The quantitative estimate of drug-likeness (QED) is 0.641. The van der Waals surface area contributed by atoms with Gasteiger partial charge in [0.05, 0.1) is 24.9 Å². The fourth-order valence-electron chi connectivity index (χ4n) is 1.10. The van der Waals surface area contributed by atoms with Crippen LogP contribution >= 0.6 is 0 Å². The molecule has 0 unspecified atom stereocenters. The second-order valence-electron chi connectivity index (χ2n) is 3.04. The number of hydrogen-bond acceptors (Lipinski definition) is 5. The second-order valence-corrected chi connectivity index (χ2v) is 3.04. The minimum Gasteiger partial charge on any atom is -0.394 e. The molecule has 0 aliphatic heterocycles. The number of nitrogens with zero attached hydrogens (tertiary/aromatic N) is 2. The van der Waals surface area contributed by atoms with Gasteiger partial charge in [-0.1, -0.05) is 6.92 Å². The summed E-state index contributed by atoms with van der Waals surface area (Å²) in [5.74, 6) is -0.526. The molecule has 15 heavy (non-hydrogen) atoms. The van der Waals surface area contributed by atoms with E-state index in [1.165, 1.54) is 6.33 Å². The van der Waals surface area contributed by atoms with Crippen molar-refractivity contribution in [3.05, 3.63) is 17.8 Å². The fraction of sp³-hybridized carbons (Fsp3) is 0.556. The van der Waals surface area contributed by atoms with Crippen molar-refractivity contribution in [2.45, 2.75) is 19.4 Å². The molecule has 3 N–H and O–H groups in total. The van der Waals surface area contributed by atoms with E-state index < -0.39 is 11.9 Å². The van der Waals surface area contributed by atoms with Crippen molar-refractivity contribution in [2.75, 3.05) is 18.5 Å². The summed E-state index contributed by atoms with van der Waals surface area (Å²) in [6, 6.07) is -0.612. The molecule has 1 aromatic heterocycles. The molecule has 0 spiro atoms. The van der Waals surface area contributed by atoms with Crippen molar-refractivity contribution < 1.29 is 14.6 Å². The van der Waals surface area contributed by atoms with Gasteiger partial charge in [0.15, 0.2) is 11.6 Å². The van der Waals surface area contributed by atoms with Crippen molar-refractivity contribution in [3.63, 3.8) is 0 Å². The van der Waals surface area contributed by atoms with E-state index in [4.69, 9.17) is 10.2 Å². The summed E-state index contributed by atoms with van der Waals surface area (Å²) >= 11 is 0. The van der Waals surface area contributed by atoms with Crippen LogP contribution in [-0.2, 0) is 6.42 Å². The van der Waals surface area contributed by atoms with Crippen molar-refractivity contribution in [3.8, 4) is 0 Å². The molecule has 1 aromatic rings. The minimum absolute atomic E-state index is 0.00921. The molecule has 1 rings (SSSR count). The average Bonchev–Trinajstić information content (AvgIpc) is 2.28. The maximum Gasteiger partial charge on any atom is 0.186 e. The first-order valence-electron chi connectivity index (χ1n) is 4.70. The van der Waals surface area contributed by atoms with Gasteiger partial charge in [-0.05, 0) is 6.42 Å². The summed E-state index contributed by atoms with van der Waals surface area (Å²) in [4.78, 5) is 7.47. The van der Waals surface area contributed by atoms with Gasteiger partial charge in [0.1, 0.15) is 6.33 Å². The van der Waals surface area contributed by atoms with Gasteiger partial charge in [-0.3, -0.25) is 0 Å². The van der Waals surface area contributed by atoms with Crippen molar-refractivity contribution in [1.82, 2.24) is 9.97 Å². The standard InChI is InChI=1S/C9H14FN3O2/c1-2-7-8(10)9(12-5-11-7)13-6(3-14)4-15/h5-6,14-15H,2-4H2,1H3,(H,11,12,13). The third-order valence-corrected chi connectivity index (χ3v) is 1.98. The third-order valence-electron chi connectivity index (χ3n) is 1.98. The molecule has 84 valence electrons. The third kappa shape index (κ3) is 2.84. The first kappa shape index (κ1) is 11.8. The lowest BCUT2D eigenvalue weighted by atomic mass is 10.3. The molecule has 0 saturated heterocycles. The SMILES string of the molecule is CCc1ncnc(NC(CO)CO)c1F. The summed E-state index contributed by atoms with van der Waals surface area (Å²) in [5, 5.41) is 20.2. The first-order chi connectivity index (χ1) is 7.22. The molecule has 0 aliphatic carbocycles. The molecule has 0 bridgehead atoms. The van der Waals surface area contributed by atoms with E-state index in [9.17, 15) is 4.39 Å². The summed E-state index contributed by atoms with van der Waals surface area (Å²) in [6.45, 7) is 1.20. The fourth-order valence-corrected chi connectivity index (χ4v) is 1.10. The minimum atomic E-state index is -0.612. The topological polar surface area (TPSA) is 78.3 Å². The maximum absolute atomic E-state index is 13.6. The van der Waals surface area contributed by atoms with Gasteiger partial charge in [-0.25, -0.2) is 14.4 Å². The Morgan fingerprint density at radius 2 is 2.07 bits per heavy atom. The van der Waals surface area contributed by atoms with Crippen molar-refractivity contribution in [1.29, 1.82) is 0 Å². The zero-order chi connectivity index (χ0) is 11.3. The van der Waals surface area contributed by atoms with Crippen LogP contribution < -0.4 is 5.32 Å². The molecule has 0 fully saturated rings. The van der Waals surface area contributed by atoms with E-state index in [0.717, 1.165) is 0 Å². The first-order valence-corrected chi connectivity index (χ1v) is 4.70. The Balaban J connectivity index is 2.85. The van der Waals surface area contributed by atoms with E-state index in [0.29, 0.717) is 12.1 Å². The van der Waals surface area contributed by atoms with Crippen LogP contribution in [-0.4, -0.2) is 39.4 Å². The Bertz CT molecular complexity index is 318. The number of nitrogens with one attached hydrogen (secondary N) is 1. The second kappa shape index (κ2) is 5.57. The molecule has 0 aromatic carbocycles. The molecule has 0 radical (unpaired) electrons. The molecule has 0 atom stereocenters. The summed E-state index contributed by atoms with van der Waals surface area (Å²) in [5.41, 5.74) is 0.308. The van der Waals surface area contributed by atoms with Gasteiger partial charge in [0.25, 0.3) is 0 Å². The lowest BCUT2D eigenvalue weighted by Crippen LogP contribution is -2.28. The normalized spacial score (nSPS) is 10.7. The predicted octanol–water partition coefficient (Wildman–Crippen LogP) is -0.0568. The molecule has 0 aliphatic rings. The van der Waals surface area contributed by atoms with E-state index in [1.54, 1.807) is 6.92 Å². The number of aliphatic hydroxyl groups excluding tert-OH is 2. The van der Waals surface area contributed by atoms with E-state index >= 15 is 0 Å². The van der Waals surface area contributed by atoms with E-state index in [-0.39, 0.29) is 19.0 Å². The number of rotatable bonds is 5. The van der Waals surface area contributed by atoms with Crippen LogP contribution in [0.25, 0.3) is 0 Å². The van der Waals surface area contributed by atoms with Crippen LogP contribution in [0.4, 0.5) is 10.2 Å². The average molecular weight is 215 g/mol. The number of halogens is 1. The van der Waals surface area contributed by atoms with Crippen LogP contribution in [0.2, 0.25) is 0 Å². The van der Waals surface area contributed by atoms with E-state index in [1.807, 2.05) is 0 Å². The molecule has 6 heteroatoms. The Morgan fingerprint density at radius 1 is 1.40 bits per heavy atom. The Kier molecular flexibility index (Phi) is 4.38. The molecule has 1 heterocycles. The summed E-state index contributed by atoms with van der Waals surface area (Å²) in [7, 11) is 0.